The maximum atomic E-state index is 13.2. The second kappa shape index (κ2) is 12.2. The summed E-state index contributed by atoms with van der Waals surface area (Å²) in [5.41, 5.74) is 1.19. The molecule has 220 valence electrons. The van der Waals surface area contributed by atoms with Crippen molar-refractivity contribution < 1.29 is 32.6 Å². The summed E-state index contributed by atoms with van der Waals surface area (Å²) in [5, 5.41) is 18.8. The number of alkyl halides is 3. The molecule has 0 radical (unpaired) electrons. The van der Waals surface area contributed by atoms with E-state index in [1.165, 1.54) is 24.3 Å². The highest BCUT2D eigenvalue weighted by atomic mass is 35.5. The molecule has 0 aliphatic rings. The molecule has 2 amide bonds. The minimum atomic E-state index is -4.81. The van der Waals surface area contributed by atoms with Gasteiger partial charge in [0.15, 0.2) is 5.82 Å². The van der Waals surface area contributed by atoms with Gasteiger partial charge in [0.25, 0.3) is 5.91 Å². The predicted octanol–water partition coefficient (Wildman–Crippen LogP) is 5.78. The number of aliphatic hydroxyl groups excluding tert-OH is 1. The number of nitrogens with one attached hydrogen (secondary N) is 3. The zero-order valence-electron chi connectivity index (χ0n) is 22.8. The molecule has 3 aromatic carbocycles. The van der Waals surface area contributed by atoms with E-state index in [0.29, 0.717) is 33.5 Å². The van der Waals surface area contributed by atoms with Gasteiger partial charge in [-0.15, -0.1) is 13.2 Å². The van der Waals surface area contributed by atoms with Crippen LogP contribution in [0, 0.1) is 5.41 Å². The van der Waals surface area contributed by atoms with Gasteiger partial charge in [-0.25, -0.2) is 9.97 Å². The first-order chi connectivity index (χ1) is 19.8. The van der Waals surface area contributed by atoms with Gasteiger partial charge in [0.1, 0.15) is 11.6 Å². The Hall–Kier alpha value is -4.42. The number of rotatable bonds is 9. The number of amides is 2. The first-order valence-electron chi connectivity index (χ1n) is 12.6. The quantitative estimate of drug-likeness (QED) is 0.192. The van der Waals surface area contributed by atoms with Crippen LogP contribution >= 0.6 is 11.6 Å². The number of ether oxygens (including phenoxy) is 1. The first-order valence-corrected chi connectivity index (χ1v) is 13.0. The lowest BCUT2D eigenvalue weighted by molar-refractivity contribution is -0.274. The molecule has 0 aliphatic carbocycles. The van der Waals surface area contributed by atoms with E-state index in [0.717, 1.165) is 0 Å². The Morgan fingerprint density at radius 3 is 2.36 bits per heavy atom. The standard InChI is InChI=1S/C29H27ClF3N5O4/c1-28(2,15-39)27(41)35-14-16-4-11-22(30)21(12-16)26(40)36-18-7-10-20-23(13-18)37-24(38-25(20)34-3)17-5-8-19(9-6-17)42-29(31,32)33/h4-13,39H,14-15H2,1-3H3,(H,35,41)(H,36,40)(H,34,37,38). The van der Waals surface area contributed by atoms with Crippen molar-refractivity contribution in [1.29, 1.82) is 0 Å². The van der Waals surface area contributed by atoms with Crippen LogP contribution in [0.25, 0.3) is 22.3 Å². The molecule has 4 aromatic rings. The number of nitrogens with zero attached hydrogens (tertiary/aromatic N) is 2. The number of anilines is 2. The summed E-state index contributed by atoms with van der Waals surface area (Å²) in [6.07, 6.45) is -4.81. The molecular weight excluding hydrogens is 575 g/mol. The maximum absolute atomic E-state index is 13.2. The Morgan fingerprint density at radius 2 is 1.71 bits per heavy atom. The number of fused-ring (bicyclic) bond motifs is 1. The van der Waals surface area contributed by atoms with E-state index in [2.05, 4.69) is 30.7 Å². The molecule has 1 heterocycles. The second-order valence-corrected chi connectivity index (χ2v) is 10.4. The van der Waals surface area contributed by atoms with Crippen molar-refractivity contribution in [3.05, 3.63) is 76.8 Å². The SMILES string of the molecule is CNc1nc(-c2ccc(OC(F)(F)F)cc2)nc2cc(NC(=O)c3cc(CNC(=O)C(C)(C)CO)ccc3Cl)ccc12. The molecule has 4 rings (SSSR count). The molecule has 0 spiro atoms. The zero-order chi connectivity index (χ0) is 30.7. The number of aliphatic hydroxyl groups is 1. The van der Waals surface area contributed by atoms with Gasteiger partial charge >= 0.3 is 6.36 Å². The molecule has 0 saturated carbocycles. The highest BCUT2D eigenvalue weighted by molar-refractivity contribution is 6.34. The molecule has 9 nitrogen and oxygen atoms in total. The Bertz CT molecular complexity index is 1630. The Kier molecular flexibility index (Phi) is 8.88. The average molecular weight is 602 g/mol. The van der Waals surface area contributed by atoms with E-state index in [-0.39, 0.29) is 41.2 Å². The Labute approximate surface area is 244 Å². The molecule has 0 aliphatic heterocycles. The summed E-state index contributed by atoms with van der Waals surface area (Å²) in [6.45, 7) is 3.04. The molecule has 0 saturated heterocycles. The minimum Gasteiger partial charge on any atom is -0.406 e. The third kappa shape index (κ3) is 7.25. The molecule has 0 bridgehead atoms. The van der Waals surface area contributed by atoms with E-state index in [4.69, 9.17) is 11.6 Å². The van der Waals surface area contributed by atoms with E-state index in [1.54, 1.807) is 57.3 Å². The molecule has 0 atom stereocenters. The smallest absolute Gasteiger partial charge is 0.406 e. The molecule has 0 unspecified atom stereocenters. The largest absolute Gasteiger partial charge is 0.573 e. The van der Waals surface area contributed by atoms with Gasteiger partial charge in [0.05, 0.1) is 28.1 Å². The molecule has 13 heteroatoms. The molecule has 1 aromatic heterocycles. The number of halogens is 4. The van der Waals surface area contributed by atoms with Crippen molar-refractivity contribution in [2.45, 2.75) is 26.8 Å². The van der Waals surface area contributed by atoms with Crippen molar-refractivity contribution in [2.75, 3.05) is 24.3 Å². The van der Waals surface area contributed by atoms with Gasteiger partial charge in [-0.3, -0.25) is 9.59 Å². The van der Waals surface area contributed by atoms with Gasteiger partial charge in [-0.2, -0.15) is 0 Å². The van der Waals surface area contributed by atoms with E-state index in [9.17, 15) is 27.9 Å². The number of hydrogen-bond acceptors (Lipinski definition) is 7. The van der Waals surface area contributed by atoms with Crippen LogP contribution in [0.2, 0.25) is 5.02 Å². The number of aromatic nitrogens is 2. The van der Waals surface area contributed by atoms with Gasteiger partial charge in [0.2, 0.25) is 5.91 Å². The predicted molar refractivity (Wildman–Crippen MR) is 153 cm³/mol. The van der Waals surface area contributed by atoms with Crippen LogP contribution in [0.4, 0.5) is 24.7 Å². The van der Waals surface area contributed by atoms with Crippen LogP contribution in [0.15, 0.2) is 60.7 Å². The van der Waals surface area contributed by atoms with Crippen molar-refractivity contribution in [2.24, 2.45) is 5.41 Å². The molecule has 42 heavy (non-hydrogen) atoms. The summed E-state index contributed by atoms with van der Waals surface area (Å²) < 4.78 is 41.5. The van der Waals surface area contributed by atoms with E-state index in [1.807, 2.05) is 0 Å². The zero-order valence-corrected chi connectivity index (χ0v) is 23.5. The monoisotopic (exact) mass is 601 g/mol. The number of carbonyl (C=O) groups is 2. The fourth-order valence-corrected chi connectivity index (χ4v) is 4.08. The normalized spacial score (nSPS) is 11.7. The summed E-state index contributed by atoms with van der Waals surface area (Å²) in [4.78, 5) is 34.5. The van der Waals surface area contributed by atoms with Gasteiger partial charge in [-0.05, 0) is 74.0 Å². The summed E-state index contributed by atoms with van der Waals surface area (Å²) in [6, 6.07) is 15.0. The summed E-state index contributed by atoms with van der Waals surface area (Å²) in [5.74, 6) is -0.478. The van der Waals surface area contributed by atoms with E-state index >= 15 is 0 Å². The van der Waals surface area contributed by atoms with Crippen molar-refractivity contribution >= 4 is 45.8 Å². The fourth-order valence-electron chi connectivity index (χ4n) is 3.88. The molecular formula is C29H27ClF3N5O4. The number of benzene rings is 3. The highest BCUT2D eigenvalue weighted by Crippen LogP contribution is 2.30. The fraction of sp³-hybridized carbons (Fsp3) is 0.241. The van der Waals surface area contributed by atoms with Crippen LogP contribution in [-0.2, 0) is 11.3 Å². The summed E-state index contributed by atoms with van der Waals surface area (Å²) in [7, 11) is 1.67. The summed E-state index contributed by atoms with van der Waals surface area (Å²) >= 11 is 6.30. The number of carbonyl (C=O) groups excluding carboxylic acids is 2. The minimum absolute atomic E-state index is 0.130. The van der Waals surface area contributed by atoms with Crippen LogP contribution < -0.4 is 20.7 Å². The lowest BCUT2D eigenvalue weighted by atomic mass is 9.93. The number of hydrogen-bond donors (Lipinski definition) is 4. The average Bonchev–Trinajstić information content (AvgIpc) is 2.95. The van der Waals surface area contributed by atoms with Crippen molar-refractivity contribution in [3.63, 3.8) is 0 Å². The maximum Gasteiger partial charge on any atom is 0.573 e. The van der Waals surface area contributed by atoms with Crippen molar-refractivity contribution in [1.82, 2.24) is 15.3 Å². The van der Waals surface area contributed by atoms with E-state index < -0.39 is 17.7 Å². The molecule has 4 N–H and O–H groups in total. The lowest BCUT2D eigenvalue weighted by Crippen LogP contribution is -2.38. The second-order valence-electron chi connectivity index (χ2n) is 9.94. The highest BCUT2D eigenvalue weighted by Gasteiger charge is 2.31. The van der Waals surface area contributed by atoms with Gasteiger partial charge in [-0.1, -0.05) is 17.7 Å². The Morgan fingerprint density at radius 1 is 1.00 bits per heavy atom. The van der Waals surface area contributed by atoms with Gasteiger partial charge in [0, 0.05) is 30.2 Å². The molecule has 0 fully saturated rings. The van der Waals surface area contributed by atoms with Crippen LogP contribution in [0.1, 0.15) is 29.8 Å². The van der Waals surface area contributed by atoms with Crippen LogP contribution in [0.5, 0.6) is 5.75 Å². The van der Waals surface area contributed by atoms with Crippen molar-refractivity contribution in [3.8, 4) is 17.1 Å². The third-order valence-corrected chi connectivity index (χ3v) is 6.61. The third-order valence-electron chi connectivity index (χ3n) is 6.28. The first kappa shape index (κ1) is 30.5. The van der Waals surface area contributed by atoms with Crippen LogP contribution in [0.3, 0.4) is 0 Å². The topological polar surface area (TPSA) is 125 Å². The van der Waals surface area contributed by atoms with Gasteiger partial charge < -0.3 is 25.8 Å². The van der Waals surface area contributed by atoms with Crippen LogP contribution in [-0.4, -0.2) is 46.9 Å². The lowest BCUT2D eigenvalue weighted by Gasteiger charge is -2.20. The Balaban J connectivity index is 1.57.